The molecule has 1 atom stereocenters. The lowest BCUT2D eigenvalue weighted by molar-refractivity contribution is -0.132. The van der Waals surface area contributed by atoms with Gasteiger partial charge in [0.25, 0.3) is 0 Å². The van der Waals surface area contributed by atoms with Crippen LogP contribution in [-0.2, 0) is 16.1 Å². The van der Waals surface area contributed by atoms with Crippen molar-refractivity contribution in [3.63, 3.8) is 0 Å². The van der Waals surface area contributed by atoms with E-state index in [4.69, 9.17) is 4.74 Å². The molecule has 0 aliphatic carbocycles. The highest BCUT2D eigenvalue weighted by molar-refractivity contribution is 9.10. The first-order chi connectivity index (χ1) is 10.1. The van der Waals surface area contributed by atoms with Crippen LogP contribution in [-0.4, -0.2) is 43.2 Å². The van der Waals surface area contributed by atoms with Crippen LogP contribution in [0, 0.1) is 5.82 Å². The smallest absolute Gasteiger partial charge is 0.239 e. The first-order valence-corrected chi connectivity index (χ1v) is 7.94. The first-order valence-electron chi connectivity index (χ1n) is 7.14. The maximum atomic E-state index is 13.5. The second-order valence-electron chi connectivity index (χ2n) is 5.13. The van der Waals surface area contributed by atoms with E-state index >= 15 is 0 Å². The molecule has 1 aliphatic heterocycles. The highest BCUT2D eigenvalue weighted by Crippen LogP contribution is 2.18. The third kappa shape index (κ3) is 4.76. The second-order valence-corrected chi connectivity index (χ2v) is 6.05. The molecule has 1 amide bonds. The standard InChI is InChI=1S/C15H20BrFN2O2/c1-2-3-18-15(20)14-10-21-5-4-19(14)9-11-6-12(16)8-13(17)7-11/h6-8,14H,2-5,9-10H2,1H3,(H,18,20). The van der Waals surface area contributed by atoms with Crippen LogP contribution in [0.25, 0.3) is 0 Å². The number of hydrogen-bond acceptors (Lipinski definition) is 3. The predicted octanol–water partition coefficient (Wildman–Crippen LogP) is 2.32. The van der Waals surface area contributed by atoms with Crippen molar-refractivity contribution in [3.05, 3.63) is 34.1 Å². The van der Waals surface area contributed by atoms with E-state index in [9.17, 15) is 9.18 Å². The number of rotatable bonds is 5. The fraction of sp³-hybridized carbons (Fsp3) is 0.533. The van der Waals surface area contributed by atoms with Crippen LogP contribution >= 0.6 is 15.9 Å². The molecule has 0 saturated carbocycles. The van der Waals surface area contributed by atoms with Crippen LogP contribution in [0.5, 0.6) is 0 Å². The number of ether oxygens (including phenoxy) is 1. The van der Waals surface area contributed by atoms with Crippen molar-refractivity contribution >= 4 is 21.8 Å². The Morgan fingerprint density at radius 1 is 1.52 bits per heavy atom. The third-order valence-corrected chi connectivity index (χ3v) is 3.86. The van der Waals surface area contributed by atoms with Gasteiger partial charge in [-0.3, -0.25) is 9.69 Å². The van der Waals surface area contributed by atoms with E-state index in [0.29, 0.717) is 37.3 Å². The number of amides is 1. The molecule has 2 rings (SSSR count). The lowest BCUT2D eigenvalue weighted by Crippen LogP contribution is -2.53. The van der Waals surface area contributed by atoms with Gasteiger partial charge in [0.15, 0.2) is 0 Å². The van der Waals surface area contributed by atoms with Crippen LogP contribution in [0.2, 0.25) is 0 Å². The Hall–Kier alpha value is -0.980. The molecule has 1 unspecified atom stereocenters. The molecule has 1 aliphatic rings. The van der Waals surface area contributed by atoms with E-state index in [-0.39, 0.29) is 17.8 Å². The molecule has 1 aromatic rings. The monoisotopic (exact) mass is 358 g/mol. The molecule has 0 aromatic heterocycles. The van der Waals surface area contributed by atoms with Crippen molar-refractivity contribution in [2.45, 2.75) is 25.9 Å². The summed E-state index contributed by atoms with van der Waals surface area (Å²) in [4.78, 5) is 14.2. The Bertz CT molecular complexity index is 478. The minimum Gasteiger partial charge on any atom is -0.378 e. The van der Waals surface area contributed by atoms with Crippen LogP contribution in [0.4, 0.5) is 4.39 Å². The number of nitrogens with one attached hydrogen (secondary N) is 1. The average molecular weight is 359 g/mol. The highest BCUT2D eigenvalue weighted by atomic mass is 79.9. The topological polar surface area (TPSA) is 41.6 Å². The zero-order valence-electron chi connectivity index (χ0n) is 12.1. The number of nitrogens with zero attached hydrogens (tertiary/aromatic N) is 1. The number of hydrogen-bond donors (Lipinski definition) is 1. The minimum atomic E-state index is -0.313. The van der Waals surface area contributed by atoms with Crippen LogP contribution in [0.15, 0.2) is 22.7 Å². The van der Waals surface area contributed by atoms with Crippen LogP contribution in [0.3, 0.4) is 0 Å². The van der Waals surface area contributed by atoms with Crippen molar-refractivity contribution in [1.29, 1.82) is 0 Å². The summed E-state index contributed by atoms with van der Waals surface area (Å²) in [5, 5.41) is 2.90. The zero-order valence-corrected chi connectivity index (χ0v) is 13.7. The van der Waals surface area contributed by atoms with Crippen molar-refractivity contribution in [3.8, 4) is 0 Å². The Morgan fingerprint density at radius 2 is 2.33 bits per heavy atom. The second kappa shape index (κ2) is 7.87. The summed E-state index contributed by atoms with van der Waals surface area (Å²) in [6, 6.07) is 4.49. The van der Waals surface area contributed by atoms with Gasteiger partial charge in [-0.25, -0.2) is 4.39 Å². The van der Waals surface area contributed by atoms with E-state index in [1.165, 1.54) is 12.1 Å². The van der Waals surface area contributed by atoms with Crippen molar-refractivity contribution < 1.29 is 13.9 Å². The molecule has 1 fully saturated rings. The summed E-state index contributed by atoms with van der Waals surface area (Å²) in [6.45, 7) is 4.84. The highest BCUT2D eigenvalue weighted by Gasteiger charge is 2.29. The predicted molar refractivity (Wildman–Crippen MR) is 82.4 cm³/mol. The summed E-state index contributed by atoms with van der Waals surface area (Å²) < 4.78 is 19.6. The Labute approximate surface area is 132 Å². The molecule has 0 bridgehead atoms. The zero-order chi connectivity index (χ0) is 15.2. The molecule has 1 aromatic carbocycles. The van der Waals surface area contributed by atoms with E-state index in [2.05, 4.69) is 21.2 Å². The molecule has 6 heteroatoms. The normalized spacial score (nSPS) is 19.5. The van der Waals surface area contributed by atoms with Gasteiger partial charge in [0, 0.05) is 24.1 Å². The van der Waals surface area contributed by atoms with E-state index in [1.807, 2.05) is 17.9 Å². The number of halogens is 2. The molecule has 0 spiro atoms. The van der Waals surface area contributed by atoms with Gasteiger partial charge >= 0.3 is 0 Å². The summed E-state index contributed by atoms with van der Waals surface area (Å²) in [7, 11) is 0. The molecular weight excluding hydrogens is 339 g/mol. The molecule has 1 saturated heterocycles. The fourth-order valence-corrected chi connectivity index (χ4v) is 2.88. The SMILES string of the molecule is CCCNC(=O)C1COCCN1Cc1cc(F)cc(Br)c1. The summed E-state index contributed by atoms with van der Waals surface area (Å²) in [6.07, 6.45) is 0.899. The van der Waals surface area contributed by atoms with Gasteiger partial charge in [0.05, 0.1) is 13.2 Å². The van der Waals surface area contributed by atoms with Crippen molar-refractivity contribution in [2.24, 2.45) is 0 Å². The van der Waals surface area contributed by atoms with Gasteiger partial charge in [0.1, 0.15) is 11.9 Å². The molecular formula is C15H20BrFN2O2. The van der Waals surface area contributed by atoms with Gasteiger partial charge in [-0.15, -0.1) is 0 Å². The molecule has 1 N–H and O–H groups in total. The Morgan fingerprint density at radius 3 is 3.05 bits per heavy atom. The number of benzene rings is 1. The molecule has 0 radical (unpaired) electrons. The number of carbonyl (C=O) groups excluding carboxylic acids is 1. The maximum absolute atomic E-state index is 13.5. The molecule has 1 heterocycles. The van der Waals surface area contributed by atoms with Gasteiger partial charge in [0.2, 0.25) is 5.91 Å². The number of morpholine rings is 1. The average Bonchev–Trinajstić information content (AvgIpc) is 2.44. The Balaban J connectivity index is 2.06. The van der Waals surface area contributed by atoms with Gasteiger partial charge in [-0.2, -0.15) is 0 Å². The maximum Gasteiger partial charge on any atom is 0.239 e. The van der Waals surface area contributed by atoms with Gasteiger partial charge in [-0.05, 0) is 30.2 Å². The third-order valence-electron chi connectivity index (χ3n) is 3.40. The number of carbonyl (C=O) groups is 1. The summed E-state index contributed by atoms with van der Waals surface area (Å²) in [5.41, 5.74) is 0.845. The van der Waals surface area contributed by atoms with E-state index in [1.54, 1.807) is 0 Å². The largest absolute Gasteiger partial charge is 0.378 e. The molecule has 21 heavy (non-hydrogen) atoms. The lowest BCUT2D eigenvalue weighted by atomic mass is 10.1. The van der Waals surface area contributed by atoms with E-state index in [0.717, 1.165) is 12.0 Å². The van der Waals surface area contributed by atoms with Gasteiger partial charge < -0.3 is 10.1 Å². The Kier molecular flexibility index (Phi) is 6.14. The summed E-state index contributed by atoms with van der Waals surface area (Å²) >= 11 is 3.29. The lowest BCUT2D eigenvalue weighted by Gasteiger charge is -2.34. The van der Waals surface area contributed by atoms with Crippen molar-refractivity contribution in [1.82, 2.24) is 10.2 Å². The molecule has 4 nitrogen and oxygen atoms in total. The summed E-state index contributed by atoms with van der Waals surface area (Å²) in [5.74, 6) is -0.299. The minimum absolute atomic E-state index is 0.0213. The van der Waals surface area contributed by atoms with Gasteiger partial charge in [-0.1, -0.05) is 22.9 Å². The quantitative estimate of drug-likeness (QED) is 0.878. The fourth-order valence-electron chi connectivity index (χ4n) is 2.37. The first kappa shape index (κ1) is 16.4. The van der Waals surface area contributed by atoms with E-state index < -0.39 is 0 Å². The van der Waals surface area contributed by atoms with Crippen LogP contribution in [0.1, 0.15) is 18.9 Å². The van der Waals surface area contributed by atoms with Crippen molar-refractivity contribution in [2.75, 3.05) is 26.3 Å². The van der Waals surface area contributed by atoms with Crippen LogP contribution < -0.4 is 5.32 Å². The molecule has 116 valence electrons.